The molecule has 106 valence electrons. The third kappa shape index (κ3) is 3.67. The van der Waals surface area contributed by atoms with Crippen molar-refractivity contribution in [2.24, 2.45) is 11.8 Å². The highest BCUT2D eigenvalue weighted by Crippen LogP contribution is 2.28. The smallest absolute Gasteiger partial charge is 0.260 e. The minimum Gasteiger partial charge on any atom is -0.396 e. The van der Waals surface area contributed by atoms with Crippen molar-refractivity contribution in [1.29, 1.82) is 0 Å². The molecule has 0 atom stereocenters. The molecule has 0 radical (unpaired) electrons. The van der Waals surface area contributed by atoms with Crippen molar-refractivity contribution in [2.75, 3.05) is 12.3 Å². The number of nitrogens with two attached hydrogens (primary N) is 1. The van der Waals surface area contributed by atoms with E-state index in [2.05, 4.69) is 16.6 Å². The van der Waals surface area contributed by atoms with Crippen LogP contribution < -0.4 is 10.5 Å². The molecule has 0 bridgehead atoms. The summed E-state index contributed by atoms with van der Waals surface area (Å²) in [4.78, 5) is 3.85. The number of nitrogen functional groups attached to an aromatic ring is 1. The molecule has 5 nitrogen and oxygen atoms in total. The fraction of sp³-hybridized carbons (Fsp3) is 0.615. The standard InChI is InChI=1S/C13H21N3O2S/c1-10-4-6-11(7-5-10)9-16-19(17,18)13-12(14)3-2-8-15-13/h2-3,8,10-11,16H,4-7,9,14H2,1H3. The molecule has 1 heterocycles. The van der Waals surface area contributed by atoms with Gasteiger partial charge in [-0.3, -0.25) is 0 Å². The van der Waals surface area contributed by atoms with Crippen LogP contribution in [0, 0.1) is 11.8 Å². The maximum atomic E-state index is 12.1. The second-order valence-corrected chi connectivity index (χ2v) is 7.06. The van der Waals surface area contributed by atoms with Crippen LogP contribution in [0.5, 0.6) is 0 Å². The van der Waals surface area contributed by atoms with Crippen LogP contribution in [0.4, 0.5) is 5.69 Å². The van der Waals surface area contributed by atoms with E-state index in [0.717, 1.165) is 18.8 Å². The van der Waals surface area contributed by atoms with Gasteiger partial charge < -0.3 is 5.73 Å². The van der Waals surface area contributed by atoms with Crippen molar-refractivity contribution in [1.82, 2.24) is 9.71 Å². The van der Waals surface area contributed by atoms with Crippen molar-refractivity contribution < 1.29 is 8.42 Å². The zero-order valence-corrected chi connectivity index (χ0v) is 12.0. The Balaban J connectivity index is 1.97. The van der Waals surface area contributed by atoms with Crippen LogP contribution in [0.3, 0.4) is 0 Å². The Hall–Kier alpha value is -1.14. The van der Waals surface area contributed by atoms with E-state index in [9.17, 15) is 8.42 Å². The van der Waals surface area contributed by atoms with Gasteiger partial charge in [-0.1, -0.05) is 19.8 Å². The number of hydrogen-bond acceptors (Lipinski definition) is 4. The molecule has 0 saturated heterocycles. The van der Waals surface area contributed by atoms with Gasteiger partial charge in [-0.05, 0) is 36.8 Å². The van der Waals surface area contributed by atoms with E-state index in [-0.39, 0.29) is 10.7 Å². The molecule has 6 heteroatoms. The fourth-order valence-electron chi connectivity index (χ4n) is 2.46. The SMILES string of the molecule is CC1CCC(CNS(=O)(=O)c2ncccc2N)CC1. The molecule has 0 unspecified atom stereocenters. The topological polar surface area (TPSA) is 85.1 Å². The molecule has 1 aliphatic rings. The van der Waals surface area contributed by atoms with Crippen molar-refractivity contribution in [3.8, 4) is 0 Å². The predicted octanol–water partition coefficient (Wildman–Crippen LogP) is 1.77. The van der Waals surface area contributed by atoms with Gasteiger partial charge in [0.05, 0.1) is 5.69 Å². The van der Waals surface area contributed by atoms with Crippen LogP contribution in [0.2, 0.25) is 0 Å². The largest absolute Gasteiger partial charge is 0.396 e. The van der Waals surface area contributed by atoms with E-state index in [4.69, 9.17) is 5.73 Å². The molecule has 1 aromatic rings. The van der Waals surface area contributed by atoms with Crippen LogP contribution in [-0.4, -0.2) is 19.9 Å². The number of rotatable bonds is 4. The van der Waals surface area contributed by atoms with Gasteiger partial charge in [-0.15, -0.1) is 0 Å². The highest BCUT2D eigenvalue weighted by molar-refractivity contribution is 7.89. The van der Waals surface area contributed by atoms with E-state index >= 15 is 0 Å². The second kappa shape index (κ2) is 5.88. The van der Waals surface area contributed by atoms with Crippen molar-refractivity contribution in [3.63, 3.8) is 0 Å². The molecule has 2 rings (SSSR count). The molecule has 1 saturated carbocycles. The van der Waals surface area contributed by atoms with E-state index in [1.807, 2.05) is 0 Å². The number of sulfonamides is 1. The normalized spacial score (nSPS) is 24.3. The third-order valence-corrected chi connectivity index (χ3v) is 5.15. The van der Waals surface area contributed by atoms with E-state index < -0.39 is 10.0 Å². The average molecular weight is 283 g/mol. The van der Waals surface area contributed by atoms with Crippen molar-refractivity contribution in [2.45, 2.75) is 37.6 Å². The maximum Gasteiger partial charge on any atom is 0.260 e. The van der Waals surface area contributed by atoms with Gasteiger partial charge in [-0.2, -0.15) is 0 Å². The first-order valence-electron chi connectivity index (χ1n) is 6.69. The number of pyridine rings is 1. The average Bonchev–Trinajstić information content (AvgIpc) is 2.38. The van der Waals surface area contributed by atoms with Crippen LogP contribution in [-0.2, 0) is 10.0 Å². The Bertz CT molecular complexity index is 522. The summed E-state index contributed by atoms with van der Waals surface area (Å²) in [5.41, 5.74) is 5.84. The highest BCUT2D eigenvalue weighted by atomic mass is 32.2. The monoisotopic (exact) mass is 283 g/mol. The summed E-state index contributed by atoms with van der Waals surface area (Å²) in [6.45, 7) is 2.72. The molecule has 0 aliphatic heterocycles. The van der Waals surface area contributed by atoms with Gasteiger partial charge in [0, 0.05) is 12.7 Å². The molecule has 0 spiro atoms. The van der Waals surface area contributed by atoms with Crippen LogP contribution >= 0.6 is 0 Å². The summed E-state index contributed by atoms with van der Waals surface area (Å²) in [6, 6.07) is 3.17. The summed E-state index contributed by atoms with van der Waals surface area (Å²) >= 11 is 0. The van der Waals surface area contributed by atoms with Crippen LogP contribution in [0.25, 0.3) is 0 Å². The van der Waals surface area contributed by atoms with Crippen LogP contribution in [0.15, 0.2) is 23.4 Å². The molecule has 1 fully saturated rings. The Morgan fingerprint density at radius 2 is 2.05 bits per heavy atom. The maximum absolute atomic E-state index is 12.1. The van der Waals surface area contributed by atoms with E-state index in [1.54, 1.807) is 12.1 Å². The summed E-state index contributed by atoms with van der Waals surface area (Å²) < 4.78 is 26.8. The number of hydrogen-bond donors (Lipinski definition) is 2. The summed E-state index contributed by atoms with van der Waals surface area (Å²) in [6.07, 6.45) is 5.96. The molecule has 1 aromatic heterocycles. The lowest BCUT2D eigenvalue weighted by atomic mass is 9.83. The van der Waals surface area contributed by atoms with Crippen LogP contribution in [0.1, 0.15) is 32.6 Å². The molecule has 1 aliphatic carbocycles. The Kier molecular flexibility index (Phi) is 4.42. The summed E-state index contributed by atoms with van der Waals surface area (Å²) in [5.74, 6) is 1.19. The molecule has 0 amide bonds. The molecule has 19 heavy (non-hydrogen) atoms. The summed E-state index contributed by atoms with van der Waals surface area (Å²) in [7, 11) is -3.59. The lowest BCUT2D eigenvalue weighted by molar-refractivity contribution is 0.290. The minimum absolute atomic E-state index is 0.0702. The van der Waals surface area contributed by atoms with Gasteiger partial charge in [0.15, 0.2) is 5.03 Å². The zero-order chi connectivity index (χ0) is 13.9. The molecular weight excluding hydrogens is 262 g/mol. The van der Waals surface area contributed by atoms with Gasteiger partial charge in [-0.25, -0.2) is 18.1 Å². The zero-order valence-electron chi connectivity index (χ0n) is 11.2. The van der Waals surface area contributed by atoms with Gasteiger partial charge >= 0.3 is 0 Å². The van der Waals surface area contributed by atoms with Gasteiger partial charge in [0.1, 0.15) is 0 Å². The first kappa shape index (κ1) is 14.3. The number of nitrogens with one attached hydrogen (secondary N) is 1. The number of nitrogens with zero attached hydrogens (tertiary/aromatic N) is 1. The second-order valence-electron chi connectivity index (χ2n) is 5.38. The molecule has 3 N–H and O–H groups in total. The first-order valence-corrected chi connectivity index (χ1v) is 8.17. The first-order chi connectivity index (χ1) is 8.99. The van der Waals surface area contributed by atoms with E-state index in [1.165, 1.54) is 19.0 Å². The lowest BCUT2D eigenvalue weighted by Gasteiger charge is -2.26. The third-order valence-electron chi connectivity index (χ3n) is 3.75. The lowest BCUT2D eigenvalue weighted by Crippen LogP contribution is -2.32. The fourth-order valence-corrected chi connectivity index (χ4v) is 3.63. The Labute approximate surface area is 114 Å². The Morgan fingerprint density at radius 3 is 2.68 bits per heavy atom. The molecular formula is C13H21N3O2S. The minimum atomic E-state index is -3.59. The summed E-state index contributed by atoms with van der Waals surface area (Å²) in [5, 5.41) is -0.0702. The van der Waals surface area contributed by atoms with Gasteiger partial charge in [0.2, 0.25) is 0 Å². The highest BCUT2D eigenvalue weighted by Gasteiger charge is 2.23. The van der Waals surface area contributed by atoms with Gasteiger partial charge in [0.25, 0.3) is 10.0 Å². The van der Waals surface area contributed by atoms with Crippen molar-refractivity contribution in [3.05, 3.63) is 18.3 Å². The number of anilines is 1. The molecule has 0 aromatic carbocycles. The van der Waals surface area contributed by atoms with E-state index in [0.29, 0.717) is 12.5 Å². The predicted molar refractivity (Wildman–Crippen MR) is 75.0 cm³/mol. The number of aromatic nitrogens is 1. The van der Waals surface area contributed by atoms with Crippen molar-refractivity contribution >= 4 is 15.7 Å². The Morgan fingerprint density at radius 1 is 1.37 bits per heavy atom. The quantitative estimate of drug-likeness (QED) is 0.882.